The zero-order valence-electron chi connectivity index (χ0n) is 22.2. The summed E-state index contributed by atoms with van der Waals surface area (Å²) in [4.78, 5) is 31.9. The first kappa shape index (κ1) is 27.1. The Morgan fingerprint density at radius 1 is 1.10 bits per heavy atom. The molecule has 0 unspecified atom stereocenters. The molecule has 1 fully saturated rings. The number of carbonyl (C=O) groups is 1. The third-order valence-corrected chi connectivity index (χ3v) is 7.29. The van der Waals surface area contributed by atoms with Crippen LogP contribution >= 0.6 is 15.9 Å². The number of likely N-dealkylation sites (N-methyl/N-ethyl adjacent to an activating group) is 1. The predicted molar refractivity (Wildman–Crippen MR) is 155 cm³/mol. The fourth-order valence-corrected chi connectivity index (χ4v) is 5.18. The number of nitrogens with zero attached hydrogens (tertiary/aromatic N) is 2. The van der Waals surface area contributed by atoms with Gasteiger partial charge < -0.3 is 24.1 Å². The van der Waals surface area contributed by atoms with E-state index in [1.807, 2.05) is 31.1 Å². The summed E-state index contributed by atoms with van der Waals surface area (Å²) in [6, 6.07) is 12.7. The van der Waals surface area contributed by atoms with Gasteiger partial charge in [-0.25, -0.2) is 0 Å². The lowest BCUT2D eigenvalue weighted by Gasteiger charge is -2.13. The summed E-state index contributed by atoms with van der Waals surface area (Å²) in [6.07, 6.45) is 7.17. The summed E-state index contributed by atoms with van der Waals surface area (Å²) in [5.41, 5.74) is 1.49. The number of rotatable bonds is 10. The summed E-state index contributed by atoms with van der Waals surface area (Å²) < 4.78 is 18.9. The van der Waals surface area contributed by atoms with E-state index in [4.69, 9.17) is 13.9 Å². The molecule has 1 amide bonds. The Balaban J connectivity index is 1.30. The summed E-state index contributed by atoms with van der Waals surface area (Å²) in [5.74, 6) is 1.65. The Hall–Kier alpha value is -3.43. The highest BCUT2D eigenvalue weighted by Gasteiger charge is 2.17. The van der Waals surface area contributed by atoms with E-state index in [0.29, 0.717) is 64.7 Å². The van der Waals surface area contributed by atoms with Gasteiger partial charge >= 0.3 is 0 Å². The summed E-state index contributed by atoms with van der Waals surface area (Å²) in [6.45, 7) is 1.18. The Kier molecular flexibility index (Phi) is 8.47. The van der Waals surface area contributed by atoms with Gasteiger partial charge in [-0.05, 0) is 69.8 Å². The first-order chi connectivity index (χ1) is 18.9. The maximum Gasteiger partial charge on any atom is 0.220 e. The van der Waals surface area contributed by atoms with E-state index in [1.165, 1.54) is 12.8 Å². The van der Waals surface area contributed by atoms with Crippen molar-refractivity contribution >= 4 is 43.8 Å². The third kappa shape index (κ3) is 6.78. The minimum atomic E-state index is -0.139. The number of hydrogen-bond acceptors (Lipinski definition) is 7. The maximum atomic E-state index is 13.3. The monoisotopic (exact) mass is 593 g/mol. The van der Waals surface area contributed by atoms with Crippen molar-refractivity contribution in [2.45, 2.75) is 44.6 Å². The smallest absolute Gasteiger partial charge is 0.220 e. The fraction of sp³-hybridized carbons (Fsp3) is 0.367. The van der Waals surface area contributed by atoms with Crippen molar-refractivity contribution in [1.82, 2.24) is 15.2 Å². The number of pyridine rings is 1. The van der Waals surface area contributed by atoms with Crippen LogP contribution in [0, 0.1) is 0 Å². The van der Waals surface area contributed by atoms with Gasteiger partial charge in [0.25, 0.3) is 0 Å². The first-order valence-electron chi connectivity index (χ1n) is 13.3. The average Bonchev–Trinajstić information content (AvgIpc) is 3.42. The molecule has 1 aliphatic carbocycles. The summed E-state index contributed by atoms with van der Waals surface area (Å²) in [5, 5.41) is 4.01. The number of hydrogen-bond donors (Lipinski definition) is 1. The van der Waals surface area contributed by atoms with Crippen LogP contribution in [0.5, 0.6) is 17.2 Å². The second-order valence-electron chi connectivity index (χ2n) is 10.2. The molecule has 1 saturated carbocycles. The highest BCUT2D eigenvalue weighted by molar-refractivity contribution is 9.10. The van der Waals surface area contributed by atoms with Gasteiger partial charge in [-0.1, -0.05) is 28.8 Å². The van der Waals surface area contributed by atoms with Crippen LogP contribution < -0.4 is 20.2 Å². The van der Waals surface area contributed by atoms with Crippen molar-refractivity contribution in [2.24, 2.45) is 0 Å². The molecule has 4 aromatic rings. The average molecular weight is 595 g/mol. The molecular formula is C30H32BrN3O5. The Labute approximate surface area is 235 Å². The maximum absolute atomic E-state index is 13.3. The van der Waals surface area contributed by atoms with Gasteiger partial charge in [-0.2, -0.15) is 0 Å². The molecule has 0 atom stereocenters. The highest BCUT2D eigenvalue weighted by Crippen LogP contribution is 2.33. The quantitative estimate of drug-likeness (QED) is 0.231. The number of benzene rings is 2. The molecule has 204 valence electrons. The number of carbonyl (C=O) groups excluding carboxylic acids is 1. The van der Waals surface area contributed by atoms with Crippen LogP contribution in [-0.2, 0) is 11.2 Å². The van der Waals surface area contributed by atoms with Gasteiger partial charge in [-0.15, -0.1) is 0 Å². The number of nitrogens with one attached hydrogen (secondary N) is 1. The molecule has 0 aliphatic heterocycles. The number of aromatic nitrogens is 1. The highest BCUT2D eigenvalue weighted by atomic mass is 79.9. The second kappa shape index (κ2) is 12.2. The molecule has 2 heterocycles. The van der Waals surface area contributed by atoms with E-state index in [9.17, 15) is 9.59 Å². The van der Waals surface area contributed by atoms with Crippen LogP contribution in [0.2, 0.25) is 0 Å². The molecule has 8 nitrogen and oxygen atoms in total. The van der Waals surface area contributed by atoms with Crippen LogP contribution in [0.25, 0.3) is 21.9 Å². The lowest BCUT2D eigenvalue weighted by molar-refractivity contribution is -0.121. The minimum Gasteiger partial charge on any atom is -0.488 e. The Morgan fingerprint density at radius 2 is 1.90 bits per heavy atom. The summed E-state index contributed by atoms with van der Waals surface area (Å²) in [7, 11) is 3.94. The lowest BCUT2D eigenvalue weighted by atomic mass is 10.1. The SMILES string of the molecule is CN(C)CCOc1cc(Br)cc2c(=O)c3ccc(Oc4ccc(CCC(=O)NC5CCCC5)nc4)cc3oc12. The molecule has 0 bridgehead atoms. The van der Waals surface area contributed by atoms with Crippen LogP contribution in [0.15, 0.2) is 62.3 Å². The fourth-order valence-electron chi connectivity index (χ4n) is 4.75. The van der Waals surface area contributed by atoms with Crippen molar-refractivity contribution in [3.05, 3.63) is 69.1 Å². The number of amides is 1. The van der Waals surface area contributed by atoms with E-state index in [1.54, 1.807) is 36.5 Å². The topological polar surface area (TPSA) is 93.9 Å². The largest absolute Gasteiger partial charge is 0.488 e. The van der Waals surface area contributed by atoms with Crippen LogP contribution in [0.3, 0.4) is 0 Å². The number of ether oxygens (including phenoxy) is 2. The number of halogens is 1. The van der Waals surface area contributed by atoms with Crippen molar-refractivity contribution in [2.75, 3.05) is 27.2 Å². The molecule has 5 rings (SSSR count). The van der Waals surface area contributed by atoms with Gasteiger partial charge in [0.1, 0.15) is 23.7 Å². The van der Waals surface area contributed by atoms with Gasteiger partial charge in [-0.3, -0.25) is 14.6 Å². The second-order valence-corrected chi connectivity index (χ2v) is 11.1. The van der Waals surface area contributed by atoms with E-state index >= 15 is 0 Å². The lowest BCUT2D eigenvalue weighted by Crippen LogP contribution is -2.32. The van der Waals surface area contributed by atoms with Crippen molar-refractivity contribution in [3.8, 4) is 17.2 Å². The zero-order chi connectivity index (χ0) is 27.4. The Morgan fingerprint density at radius 3 is 2.64 bits per heavy atom. The normalized spacial score (nSPS) is 13.8. The van der Waals surface area contributed by atoms with Crippen molar-refractivity contribution < 1.29 is 18.7 Å². The molecule has 0 saturated heterocycles. The van der Waals surface area contributed by atoms with E-state index in [0.717, 1.165) is 29.6 Å². The molecule has 0 spiro atoms. The van der Waals surface area contributed by atoms with Gasteiger partial charge in [0.05, 0.1) is 17.0 Å². The van der Waals surface area contributed by atoms with Gasteiger partial charge in [0.15, 0.2) is 11.3 Å². The van der Waals surface area contributed by atoms with Crippen molar-refractivity contribution in [3.63, 3.8) is 0 Å². The molecule has 39 heavy (non-hydrogen) atoms. The standard InChI is InChI=1S/C30H32BrN3O5/c1-34(2)13-14-37-27-16-19(31)15-25-29(36)24-11-10-22(17-26(24)39-30(25)27)38-23-9-7-20(32-18-23)8-12-28(35)33-21-5-3-4-6-21/h7,9-11,15-18,21H,3-6,8,12-14H2,1-2H3,(H,33,35). The van der Waals surface area contributed by atoms with Gasteiger partial charge in [0.2, 0.25) is 11.3 Å². The zero-order valence-corrected chi connectivity index (χ0v) is 23.8. The molecule has 1 aliphatic rings. The first-order valence-corrected chi connectivity index (χ1v) is 14.0. The van der Waals surface area contributed by atoms with Gasteiger partial charge in [0, 0.05) is 35.2 Å². The van der Waals surface area contributed by atoms with Crippen LogP contribution in [-0.4, -0.2) is 49.1 Å². The molecule has 1 N–H and O–H groups in total. The molecule has 2 aromatic heterocycles. The van der Waals surface area contributed by atoms with Crippen LogP contribution in [0.4, 0.5) is 0 Å². The number of aryl methyl sites for hydroxylation is 1. The minimum absolute atomic E-state index is 0.0767. The summed E-state index contributed by atoms with van der Waals surface area (Å²) >= 11 is 3.47. The molecule has 2 aromatic carbocycles. The number of fused-ring (bicyclic) bond motifs is 2. The van der Waals surface area contributed by atoms with Crippen LogP contribution in [0.1, 0.15) is 37.8 Å². The third-order valence-electron chi connectivity index (χ3n) is 6.83. The Bertz CT molecular complexity index is 1530. The van der Waals surface area contributed by atoms with E-state index < -0.39 is 0 Å². The van der Waals surface area contributed by atoms with E-state index in [-0.39, 0.29) is 11.3 Å². The predicted octanol–water partition coefficient (Wildman–Crippen LogP) is 5.83. The molecule has 0 radical (unpaired) electrons. The molecular weight excluding hydrogens is 562 g/mol. The molecule has 9 heteroatoms. The van der Waals surface area contributed by atoms with Crippen molar-refractivity contribution in [1.29, 1.82) is 0 Å². The van der Waals surface area contributed by atoms with E-state index in [2.05, 4.69) is 26.2 Å².